The van der Waals surface area contributed by atoms with Crippen LogP contribution in [0.5, 0.6) is 0 Å². The number of benzene rings is 10. The molecule has 0 bridgehead atoms. The highest BCUT2D eigenvalue weighted by Crippen LogP contribution is 2.76. The molecule has 1 heterocycles. The summed E-state index contributed by atoms with van der Waals surface area (Å²) in [6, 6.07) is 84.3. The van der Waals surface area contributed by atoms with Gasteiger partial charge in [-0.25, -0.2) is 4.98 Å². The quantitative estimate of drug-likeness (QED) is 0.132. The van der Waals surface area contributed by atoms with Crippen LogP contribution in [0.15, 0.2) is 244 Å². The van der Waals surface area contributed by atoms with Crippen LogP contribution in [0.2, 0.25) is 0 Å². The van der Waals surface area contributed by atoms with E-state index >= 15 is 0 Å². The summed E-state index contributed by atoms with van der Waals surface area (Å²) < 4.78 is 2.35. The first-order valence-corrected chi connectivity index (χ1v) is 26.4. The van der Waals surface area contributed by atoms with Gasteiger partial charge < -0.3 is 0 Å². The predicted octanol–water partition coefficient (Wildman–Crippen LogP) is 18.8. The average molecular weight is 925 g/mol. The lowest BCUT2D eigenvalue weighted by molar-refractivity contribution is 0.590. The molecule has 0 spiro atoms. The molecule has 0 fully saturated rings. The molecule has 0 unspecified atom stereocenters. The lowest BCUT2D eigenvalue weighted by Crippen LogP contribution is -2.13. The SMILES string of the molecule is CCc1ccc2nc(-c3ccccc3)n(-c3cccc(-c4cccc(-c5c6cc(C(C)(C)C)ccc6c(S(c6ccccc6)(c6ccccc6)c6ccccc6)c6cc(C(C)(C)C)ccc56)c4)c3)c2c1. The Morgan fingerprint density at radius 1 is 0.414 bits per heavy atom. The first kappa shape index (κ1) is 45.0. The van der Waals surface area contributed by atoms with E-state index in [2.05, 4.69) is 277 Å². The Morgan fingerprint density at radius 3 is 1.49 bits per heavy atom. The van der Waals surface area contributed by atoms with Crippen molar-refractivity contribution in [2.24, 2.45) is 0 Å². The molecule has 11 rings (SSSR count). The van der Waals surface area contributed by atoms with E-state index in [1.807, 2.05) is 0 Å². The number of aryl methyl sites for hydroxylation is 1. The van der Waals surface area contributed by atoms with Gasteiger partial charge in [-0.1, -0.05) is 194 Å². The summed E-state index contributed by atoms with van der Waals surface area (Å²) in [4.78, 5) is 10.6. The zero-order chi connectivity index (χ0) is 48.2. The molecule has 3 heteroatoms. The molecule has 0 saturated heterocycles. The van der Waals surface area contributed by atoms with Gasteiger partial charge in [-0.15, -0.1) is 10.0 Å². The molecule has 0 atom stereocenters. The molecule has 0 radical (unpaired) electrons. The third-order valence-corrected chi connectivity index (χ3v) is 18.1. The number of imidazole rings is 1. The largest absolute Gasteiger partial charge is 0.292 e. The molecule has 344 valence electrons. The van der Waals surface area contributed by atoms with E-state index in [1.54, 1.807) is 0 Å². The number of nitrogens with zero attached hydrogens (tertiary/aromatic N) is 2. The molecular formula is C67H60N2S. The van der Waals surface area contributed by atoms with Gasteiger partial charge in [0.25, 0.3) is 0 Å². The first-order chi connectivity index (χ1) is 33.9. The van der Waals surface area contributed by atoms with Crippen molar-refractivity contribution in [1.29, 1.82) is 0 Å². The summed E-state index contributed by atoms with van der Waals surface area (Å²) in [6.07, 6.45) is 0.959. The number of aromatic nitrogens is 2. The fourth-order valence-corrected chi connectivity index (χ4v) is 14.7. The van der Waals surface area contributed by atoms with Gasteiger partial charge in [-0.2, -0.15) is 0 Å². The standard InChI is InChI=1S/C67H60N2S/c1-8-46-35-40-61-62(41-46)69(65(68-61)47-23-13-9-14-24-47)53-28-22-26-49(43-53)48-25-21-27-50(42-48)63-57-38-36-52(67(5,6)7)45-60(57)64(58-39-37-51(44-59(58)63)66(2,3)4)70(54-29-15-10-16-30-54,55-31-17-11-18-32-55)56-33-19-12-20-34-56/h9-45H,8H2,1-7H3. The van der Waals surface area contributed by atoms with Crippen LogP contribution in [-0.4, -0.2) is 9.55 Å². The Balaban J connectivity index is 1.22. The zero-order valence-corrected chi connectivity index (χ0v) is 42.2. The summed E-state index contributed by atoms with van der Waals surface area (Å²) >= 11 is 0. The van der Waals surface area contributed by atoms with E-state index in [-0.39, 0.29) is 10.8 Å². The number of hydrogen-bond acceptors (Lipinski definition) is 1. The molecule has 0 amide bonds. The molecule has 11 aromatic rings. The molecule has 0 saturated carbocycles. The molecule has 70 heavy (non-hydrogen) atoms. The molecule has 10 aromatic carbocycles. The third kappa shape index (κ3) is 7.83. The van der Waals surface area contributed by atoms with E-state index in [0.29, 0.717) is 0 Å². The second kappa shape index (κ2) is 17.8. The van der Waals surface area contributed by atoms with Crippen LogP contribution in [0.3, 0.4) is 0 Å². The maximum absolute atomic E-state index is 5.24. The zero-order valence-electron chi connectivity index (χ0n) is 41.4. The summed E-state index contributed by atoms with van der Waals surface area (Å²) in [5.74, 6) is 0.941. The van der Waals surface area contributed by atoms with Gasteiger partial charge in [0.2, 0.25) is 0 Å². The van der Waals surface area contributed by atoms with Gasteiger partial charge >= 0.3 is 0 Å². The Morgan fingerprint density at radius 2 is 0.914 bits per heavy atom. The molecule has 0 N–H and O–H groups in total. The van der Waals surface area contributed by atoms with Gasteiger partial charge in [0.1, 0.15) is 5.82 Å². The Bertz CT molecular complexity index is 3590. The van der Waals surface area contributed by atoms with Crippen molar-refractivity contribution in [2.75, 3.05) is 0 Å². The maximum Gasteiger partial charge on any atom is 0.145 e. The predicted molar refractivity (Wildman–Crippen MR) is 299 cm³/mol. The average Bonchev–Trinajstić information content (AvgIpc) is 3.78. The maximum atomic E-state index is 5.24. The Kier molecular flexibility index (Phi) is 11.5. The van der Waals surface area contributed by atoms with Gasteiger partial charge in [0.05, 0.1) is 11.0 Å². The van der Waals surface area contributed by atoms with Crippen LogP contribution in [0.1, 0.15) is 65.2 Å². The third-order valence-electron chi connectivity index (χ3n) is 14.1. The number of hydrogen-bond donors (Lipinski definition) is 0. The summed E-state index contributed by atoms with van der Waals surface area (Å²) in [6.45, 7) is 16.2. The van der Waals surface area contributed by atoms with Gasteiger partial charge in [0.15, 0.2) is 0 Å². The number of rotatable bonds is 9. The van der Waals surface area contributed by atoms with Crippen molar-refractivity contribution >= 4 is 42.6 Å². The molecule has 1 aromatic heterocycles. The lowest BCUT2D eigenvalue weighted by atomic mass is 9.81. The van der Waals surface area contributed by atoms with Crippen LogP contribution in [-0.2, 0) is 17.3 Å². The molecule has 0 aliphatic rings. The highest BCUT2D eigenvalue weighted by molar-refractivity contribution is 8.34. The first-order valence-electron chi connectivity index (χ1n) is 24.7. The summed E-state index contributed by atoms with van der Waals surface area (Å²) in [5, 5.41) is 5.11. The van der Waals surface area contributed by atoms with Crippen molar-refractivity contribution in [1.82, 2.24) is 9.55 Å². The van der Waals surface area contributed by atoms with E-state index in [0.717, 1.165) is 40.1 Å². The number of fused-ring (bicyclic) bond motifs is 3. The van der Waals surface area contributed by atoms with Crippen molar-refractivity contribution in [3.63, 3.8) is 0 Å². The van der Waals surface area contributed by atoms with E-state index in [1.165, 1.54) is 74.5 Å². The Hall–Kier alpha value is -7.46. The van der Waals surface area contributed by atoms with Crippen molar-refractivity contribution in [3.05, 3.63) is 241 Å². The molecule has 2 nitrogen and oxygen atoms in total. The smallest absolute Gasteiger partial charge is 0.145 e. The van der Waals surface area contributed by atoms with Gasteiger partial charge in [0, 0.05) is 30.8 Å². The molecular weight excluding hydrogens is 865 g/mol. The Labute approximate surface area is 415 Å². The van der Waals surface area contributed by atoms with E-state index in [4.69, 9.17) is 4.98 Å². The second-order valence-electron chi connectivity index (χ2n) is 20.7. The second-order valence-corrected chi connectivity index (χ2v) is 23.8. The van der Waals surface area contributed by atoms with Gasteiger partial charge in [-0.3, -0.25) is 4.57 Å². The van der Waals surface area contributed by atoms with Crippen molar-refractivity contribution in [3.8, 4) is 39.3 Å². The van der Waals surface area contributed by atoms with Gasteiger partial charge in [-0.05, 0) is 157 Å². The summed E-state index contributed by atoms with van der Waals surface area (Å²) in [5.41, 5.74) is 12.8. The van der Waals surface area contributed by atoms with Crippen LogP contribution in [0.25, 0.3) is 71.9 Å². The minimum atomic E-state index is -2.10. The van der Waals surface area contributed by atoms with E-state index < -0.39 is 10.0 Å². The highest BCUT2D eigenvalue weighted by Gasteiger charge is 2.37. The minimum absolute atomic E-state index is 0.0742. The molecule has 0 aliphatic carbocycles. The van der Waals surface area contributed by atoms with Crippen LogP contribution in [0.4, 0.5) is 0 Å². The lowest BCUT2D eigenvalue weighted by Gasteiger charge is -2.44. The monoisotopic (exact) mass is 924 g/mol. The van der Waals surface area contributed by atoms with E-state index in [9.17, 15) is 0 Å². The van der Waals surface area contributed by atoms with Crippen molar-refractivity contribution in [2.45, 2.75) is 85.3 Å². The van der Waals surface area contributed by atoms with Crippen LogP contribution >= 0.6 is 10.0 Å². The normalized spacial score (nSPS) is 12.5. The van der Waals surface area contributed by atoms with Crippen LogP contribution in [0, 0.1) is 0 Å². The van der Waals surface area contributed by atoms with Crippen molar-refractivity contribution < 1.29 is 0 Å². The highest BCUT2D eigenvalue weighted by atomic mass is 32.3. The van der Waals surface area contributed by atoms with Crippen LogP contribution < -0.4 is 0 Å². The summed E-state index contributed by atoms with van der Waals surface area (Å²) in [7, 11) is -2.10. The minimum Gasteiger partial charge on any atom is -0.292 e. The molecule has 0 aliphatic heterocycles. The fourth-order valence-electron chi connectivity index (χ4n) is 10.5. The fraction of sp³-hybridized carbons (Fsp3) is 0.149. The topological polar surface area (TPSA) is 17.8 Å².